The van der Waals surface area contributed by atoms with Gasteiger partial charge in [0, 0.05) is 11.6 Å². The summed E-state index contributed by atoms with van der Waals surface area (Å²) in [6, 6.07) is 3.77. The molecule has 0 amide bonds. The largest absolute Gasteiger partial charge is 0.438 e. The molecule has 2 aromatic rings. The summed E-state index contributed by atoms with van der Waals surface area (Å²) in [6.45, 7) is 8.88. The van der Waals surface area contributed by atoms with Crippen LogP contribution in [-0.4, -0.2) is 16.5 Å². The number of nitrogens with zero attached hydrogens (tertiary/aromatic N) is 2. The molecule has 1 N–H and O–H groups in total. The molecular weight excluding hydrogens is 286 g/mol. The van der Waals surface area contributed by atoms with Crippen molar-refractivity contribution in [3.05, 3.63) is 40.2 Å². The van der Waals surface area contributed by atoms with Gasteiger partial charge in [-0.05, 0) is 50.5 Å². The first kappa shape index (κ1) is 15.6. The first-order chi connectivity index (χ1) is 10.0. The molecule has 0 atom stereocenters. The van der Waals surface area contributed by atoms with Crippen molar-refractivity contribution in [2.45, 2.75) is 34.1 Å². The Morgan fingerprint density at radius 1 is 1.14 bits per heavy atom. The Bertz CT molecular complexity index is 620. The van der Waals surface area contributed by atoms with Crippen LogP contribution in [0.15, 0.2) is 18.5 Å². The molecule has 0 aliphatic rings. The molecule has 0 bridgehead atoms. The lowest BCUT2D eigenvalue weighted by Gasteiger charge is -2.14. The minimum atomic E-state index is 0.567. The molecule has 4 nitrogen and oxygen atoms in total. The second-order valence-electron chi connectivity index (χ2n) is 5.05. The Hall–Kier alpha value is -1.81. The van der Waals surface area contributed by atoms with Gasteiger partial charge in [0.1, 0.15) is 17.9 Å². The van der Waals surface area contributed by atoms with Gasteiger partial charge in [-0.1, -0.05) is 18.5 Å². The highest BCUT2D eigenvalue weighted by Gasteiger charge is 2.12. The number of halogens is 1. The predicted octanol–water partition coefficient (Wildman–Crippen LogP) is 4.67. The molecule has 1 aromatic carbocycles. The van der Waals surface area contributed by atoms with Gasteiger partial charge in [0.25, 0.3) is 0 Å². The summed E-state index contributed by atoms with van der Waals surface area (Å²) >= 11 is 6.05. The first-order valence-electron chi connectivity index (χ1n) is 7.03. The Balaban J connectivity index is 2.32. The van der Waals surface area contributed by atoms with Crippen LogP contribution in [0.4, 0.5) is 5.82 Å². The summed E-state index contributed by atoms with van der Waals surface area (Å²) in [5.74, 6) is 2.17. The van der Waals surface area contributed by atoms with Crippen molar-refractivity contribution < 1.29 is 4.74 Å². The van der Waals surface area contributed by atoms with Gasteiger partial charge < -0.3 is 10.1 Å². The van der Waals surface area contributed by atoms with Gasteiger partial charge in [0.15, 0.2) is 0 Å². The van der Waals surface area contributed by atoms with Crippen LogP contribution in [0.25, 0.3) is 0 Å². The molecule has 0 saturated carbocycles. The number of aromatic nitrogens is 2. The molecular formula is C16H20ClN3O. The van der Waals surface area contributed by atoms with Crippen molar-refractivity contribution >= 4 is 17.4 Å². The molecule has 0 spiro atoms. The normalized spacial score (nSPS) is 10.5. The zero-order chi connectivity index (χ0) is 15.4. The zero-order valence-corrected chi connectivity index (χ0v) is 13.6. The van der Waals surface area contributed by atoms with Crippen LogP contribution in [0.3, 0.4) is 0 Å². The third-order valence-corrected chi connectivity index (χ3v) is 3.42. The van der Waals surface area contributed by atoms with Gasteiger partial charge in [-0.2, -0.15) is 0 Å². The molecule has 0 aliphatic carbocycles. The van der Waals surface area contributed by atoms with E-state index < -0.39 is 0 Å². The van der Waals surface area contributed by atoms with E-state index in [1.807, 2.05) is 32.9 Å². The molecule has 2 rings (SSSR count). The second kappa shape index (κ2) is 6.76. The molecule has 1 aromatic heterocycles. The van der Waals surface area contributed by atoms with Crippen molar-refractivity contribution in [2.75, 3.05) is 11.9 Å². The van der Waals surface area contributed by atoms with Crippen molar-refractivity contribution in [3.8, 4) is 11.6 Å². The van der Waals surface area contributed by atoms with Crippen LogP contribution >= 0.6 is 11.6 Å². The number of ether oxygens (including phenoxy) is 1. The van der Waals surface area contributed by atoms with Crippen molar-refractivity contribution in [3.63, 3.8) is 0 Å². The number of rotatable bonds is 5. The van der Waals surface area contributed by atoms with E-state index in [9.17, 15) is 0 Å². The predicted molar refractivity (Wildman–Crippen MR) is 86.5 cm³/mol. The fourth-order valence-electron chi connectivity index (χ4n) is 2.11. The van der Waals surface area contributed by atoms with Crippen LogP contribution < -0.4 is 10.1 Å². The molecule has 5 heteroatoms. The highest BCUT2D eigenvalue weighted by Crippen LogP contribution is 2.32. The summed E-state index contributed by atoms with van der Waals surface area (Å²) < 4.78 is 6.00. The summed E-state index contributed by atoms with van der Waals surface area (Å²) in [6.07, 6.45) is 2.55. The van der Waals surface area contributed by atoms with E-state index in [4.69, 9.17) is 16.3 Å². The topological polar surface area (TPSA) is 47.0 Å². The number of benzene rings is 1. The number of aryl methyl sites for hydroxylation is 2. The van der Waals surface area contributed by atoms with Crippen LogP contribution in [0.1, 0.15) is 30.0 Å². The average molecular weight is 306 g/mol. The minimum Gasteiger partial charge on any atom is -0.438 e. The Morgan fingerprint density at radius 2 is 1.81 bits per heavy atom. The summed E-state index contributed by atoms with van der Waals surface area (Å²) in [4.78, 5) is 8.49. The lowest BCUT2D eigenvalue weighted by Crippen LogP contribution is -2.06. The van der Waals surface area contributed by atoms with Gasteiger partial charge >= 0.3 is 0 Å². The van der Waals surface area contributed by atoms with Gasteiger partial charge in [0.05, 0.1) is 5.56 Å². The molecule has 21 heavy (non-hydrogen) atoms. The lowest BCUT2D eigenvalue weighted by molar-refractivity contribution is 0.451. The van der Waals surface area contributed by atoms with Crippen molar-refractivity contribution in [1.82, 2.24) is 9.97 Å². The summed E-state index contributed by atoms with van der Waals surface area (Å²) in [5, 5.41) is 3.99. The Labute approximate surface area is 130 Å². The number of anilines is 1. The van der Waals surface area contributed by atoms with Crippen LogP contribution in [0, 0.1) is 20.8 Å². The monoisotopic (exact) mass is 305 g/mol. The van der Waals surface area contributed by atoms with E-state index in [0.29, 0.717) is 10.9 Å². The zero-order valence-electron chi connectivity index (χ0n) is 12.8. The van der Waals surface area contributed by atoms with Gasteiger partial charge in [-0.3, -0.25) is 0 Å². The smallest absolute Gasteiger partial charge is 0.227 e. The summed E-state index contributed by atoms with van der Waals surface area (Å²) in [5.41, 5.74) is 2.88. The lowest BCUT2D eigenvalue weighted by atomic mass is 10.1. The molecule has 0 saturated heterocycles. The van der Waals surface area contributed by atoms with Gasteiger partial charge in [0.2, 0.25) is 5.88 Å². The minimum absolute atomic E-state index is 0.567. The quantitative estimate of drug-likeness (QED) is 0.872. The second-order valence-corrected chi connectivity index (χ2v) is 5.49. The van der Waals surface area contributed by atoms with E-state index in [1.165, 1.54) is 6.33 Å². The van der Waals surface area contributed by atoms with E-state index >= 15 is 0 Å². The molecule has 0 unspecified atom stereocenters. The maximum absolute atomic E-state index is 6.05. The number of nitrogens with one attached hydrogen (secondary N) is 1. The van der Waals surface area contributed by atoms with Gasteiger partial charge in [-0.25, -0.2) is 9.97 Å². The standard InChI is InChI=1S/C16H20ClN3O/c1-5-6-18-15-12(4)16(20-9-19-15)21-14-10(2)7-13(17)8-11(14)3/h7-9H,5-6H2,1-4H3,(H,18,19,20). The molecule has 0 radical (unpaired) electrons. The SMILES string of the molecule is CCCNc1ncnc(Oc2c(C)cc(Cl)cc2C)c1C. The molecule has 112 valence electrons. The van der Waals surface area contributed by atoms with Crippen molar-refractivity contribution in [1.29, 1.82) is 0 Å². The highest BCUT2D eigenvalue weighted by atomic mass is 35.5. The van der Waals surface area contributed by atoms with Crippen LogP contribution in [0.5, 0.6) is 11.6 Å². The number of hydrogen-bond acceptors (Lipinski definition) is 4. The maximum Gasteiger partial charge on any atom is 0.227 e. The Morgan fingerprint density at radius 3 is 2.43 bits per heavy atom. The van der Waals surface area contributed by atoms with E-state index in [0.717, 1.165) is 41.2 Å². The average Bonchev–Trinajstić information content (AvgIpc) is 2.43. The molecule has 0 fully saturated rings. The highest BCUT2D eigenvalue weighted by molar-refractivity contribution is 6.30. The number of hydrogen-bond donors (Lipinski definition) is 1. The van der Waals surface area contributed by atoms with Crippen LogP contribution in [-0.2, 0) is 0 Å². The fraction of sp³-hybridized carbons (Fsp3) is 0.375. The van der Waals surface area contributed by atoms with Crippen LogP contribution in [0.2, 0.25) is 5.02 Å². The van der Waals surface area contributed by atoms with E-state index in [1.54, 1.807) is 0 Å². The molecule has 1 heterocycles. The van der Waals surface area contributed by atoms with Crippen molar-refractivity contribution in [2.24, 2.45) is 0 Å². The first-order valence-corrected chi connectivity index (χ1v) is 7.40. The maximum atomic E-state index is 6.05. The van der Waals surface area contributed by atoms with E-state index in [2.05, 4.69) is 22.2 Å². The fourth-order valence-corrected chi connectivity index (χ4v) is 2.44. The third kappa shape index (κ3) is 3.64. The molecule has 0 aliphatic heterocycles. The van der Waals surface area contributed by atoms with Gasteiger partial charge in [-0.15, -0.1) is 0 Å². The third-order valence-electron chi connectivity index (χ3n) is 3.20. The Kier molecular flexibility index (Phi) is 5.02. The van der Waals surface area contributed by atoms with E-state index in [-0.39, 0.29) is 0 Å². The summed E-state index contributed by atoms with van der Waals surface area (Å²) in [7, 11) is 0.